The number of anilines is 1. The molecule has 1 aromatic carbocycles. The molecule has 16 heavy (non-hydrogen) atoms. The van der Waals surface area contributed by atoms with Crippen LogP contribution in [0.5, 0.6) is 0 Å². The highest BCUT2D eigenvalue weighted by atomic mass is 19.1. The molecule has 0 fully saturated rings. The van der Waals surface area contributed by atoms with Crippen molar-refractivity contribution in [1.82, 2.24) is 0 Å². The minimum Gasteiger partial charge on any atom is -0.389 e. The van der Waals surface area contributed by atoms with Crippen LogP contribution >= 0.6 is 0 Å². The van der Waals surface area contributed by atoms with Gasteiger partial charge in [0.2, 0.25) is 0 Å². The van der Waals surface area contributed by atoms with E-state index in [9.17, 15) is 9.50 Å². The molecule has 0 saturated heterocycles. The van der Waals surface area contributed by atoms with E-state index in [1.807, 2.05) is 25.7 Å². The molecule has 2 nitrogen and oxygen atoms in total. The van der Waals surface area contributed by atoms with Gasteiger partial charge < -0.3 is 10.0 Å². The van der Waals surface area contributed by atoms with E-state index in [0.29, 0.717) is 11.3 Å². The van der Waals surface area contributed by atoms with E-state index in [1.165, 1.54) is 6.07 Å². The van der Waals surface area contributed by atoms with E-state index < -0.39 is 6.10 Å². The zero-order valence-electron chi connectivity index (χ0n) is 10.4. The zero-order chi connectivity index (χ0) is 12.3. The van der Waals surface area contributed by atoms with Crippen molar-refractivity contribution in [2.45, 2.75) is 39.8 Å². The van der Waals surface area contributed by atoms with Crippen molar-refractivity contribution in [3.63, 3.8) is 0 Å². The summed E-state index contributed by atoms with van der Waals surface area (Å²) in [6.45, 7) is 8.40. The minimum atomic E-state index is -0.654. The molecule has 0 radical (unpaired) electrons. The lowest BCUT2D eigenvalue weighted by Gasteiger charge is -2.30. The second-order valence-electron chi connectivity index (χ2n) is 4.23. The van der Waals surface area contributed by atoms with E-state index in [0.717, 1.165) is 6.54 Å². The number of nitrogens with zero attached hydrogens (tertiary/aromatic N) is 1. The van der Waals surface area contributed by atoms with Crippen molar-refractivity contribution in [3.8, 4) is 0 Å². The van der Waals surface area contributed by atoms with Gasteiger partial charge in [-0.25, -0.2) is 4.39 Å². The fourth-order valence-corrected chi connectivity index (χ4v) is 1.95. The number of hydrogen-bond acceptors (Lipinski definition) is 2. The maximum Gasteiger partial charge on any atom is 0.146 e. The van der Waals surface area contributed by atoms with E-state index >= 15 is 0 Å². The molecule has 0 aliphatic carbocycles. The van der Waals surface area contributed by atoms with Crippen LogP contribution in [0.2, 0.25) is 0 Å². The Hall–Kier alpha value is -1.09. The van der Waals surface area contributed by atoms with Crippen LogP contribution in [-0.4, -0.2) is 17.7 Å². The molecule has 0 amide bonds. The van der Waals surface area contributed by atoms with Gasteiger partial charge in [-0.05, 0) is 33.8 Å². The van der Waals surface area contributed by atoms with Gasteiger partial charge in [0.1, 0.15) is 5.82 Å². The van der Waals surface area contributed by atoms with Crippen molar-refractivity contribution in [1.29, 1.82) is 0 Å². The largest absolute Gasteiger partial charge is 0.389 e. The normalized spacial score (nSPS) is 12.9. The standard InChI is InChI=1S/C13H20FNO/c1-5-15(9(2)3)13-11(10(4)16)7-6-8-12(13)14/h6-10,16H,5H2,1-4H3/t10-/m1/s1. The second-order valence-corrected chi connectivity index (χ2v) is 4.23. The summed E-state index contributed by atoms with van der Waals surface area (Å²) in [6.07, 6.45) is -0.654. The summed E-state index contributed by atoms with van der Waals surface area (Å²) >= 11 is 0. The fourth-order valence-electron chi connectivity index (χ4n) is 1.95. The molecular formula is C13H20FNO. The molecule has 0 saturated carbocycles. The van der Waals surface area contributed by atoms with Crippen molar-refractivity contribution < 1.29 is 9.50 Å². The van der Waals surface area contributed by atoms with Gasteiger partial charge in [-0.3, -0.25) is 0 Å². The second kappa shape index (κ2) is 5.30. The molecule has 0 aliphatic heterocycles. The van der Waals surface area contributed by atoms with Crippen molar-refractivity contribution in [3.05, 3.63) is 29.6 Å². The van der Waals surface area contributed by atoms with Gasteiger partial charge >= 0.3 is 0 Å². The van der Waals surface area contributed by atoms with Crippen molar-refractivity contribution >= 4 is 5.69 Å². The Kier molecular flexibility index (Phi) is 4.30. The van der Waals surface area contributed by atoms with Gasteiger partial charge in [-0.2, -0.15) is 0 Å². The van der Waals surface area contributed by atoms with Crippen molar-refractivity contribution in [2.24, 2.45) is 0 Å². The van der Waals surface area contributed by atoms with E-state index in [1.54, 1.807) is 19.1 Å². The van der Waals surface area contributed by atoms with Crippen molar-refractivity contribution in [2.75, 3.05) is 11.4 Å². The van der Waals surface area contributed by atoms with Crippen LogP contribution in [0.1, 0.15) is 39.4 Å². The lowest BCUT2D eigenvalue weighted by Crippen LogP contribution is -2.32. The SMILES string of the molecule is CCN(c1c(F)cccc1[C@@H](C)O)C(C)C. The first kappa shape index (κ1) is 13.0. The molecule has 90 valence electrons. The molecule has 0 aromatic heterocycles. The number of hydrogen-bond donors (Lipinski definition) is 1. The number of halogens is 1. The quantitative estimate of drug-likeness (QED) is 0.851. The van der Waals surface area contributed by atoms with Gasteiger partial charge in [0.25, 0.3) is 0 Å². The van der Waals surface area contributed by atoms with Crippen LogP contribution in [0, 0.1) is 5.82 Å². The Balaban J connectivity index is 3.28. The predicted octanol–water partition coefficient (Wildman–Crippen LogP) is 3.11. The first-order valence-corrected chi connectivity index (χ1v) is 5.72. The van der Waals surface area contributed by atoms with Crippen LogP contribution in [0.25, 0.3) is 0 Å². The Morgan fingerprint density at radius 2 is 1.94 bits per heavy atom. The third kappa shape index (κ3) is 2.53. The summed E-state index contributed by atoms with van der Waals surface area (Å²) in [5.41, 5.74) is 1.17. The summed E-state index contributed by atoms with van der Waals surface area (Å²) in [5, 5.41) is 9.66. The summed E-state index contributed by atoms with van der Waals surface area (Å²) in [4.78, 5) is 1.96. The molecule has 1 atom stereocenters. The first-order chi connectivity index (χ1) is 7.49. The first-order valence-electron chi connectivity index (χ1n) is 5.72. The maximum atomic E-state index is 13.9. The molecule has 1 N–H and O–H groups in total. The number of para-hydroxylation sites is 1. The minimum absolute atomic E-state index is 0.208. The highest BCUT2D eigenvalue weighted by molar-refractivity contribution is 5.56. The van der Waals surface area contributed by atoms with E-state index in [4.69, 9.17) is 0 Å². The van der Waals surface area contributed by atoms with Crippen LogP contribution in [0.3, 0.4) is 0 Å². The Labute approximate surface area is 96.7 Å². The van der Waals surface area contributed by atoms with Gasteiger partial charge in [-0.1, -0.05) is 12.1 Å². The smallest absolute Gasteiger partial charge is 0.146 e. The Morgan fingerprint density at radius 3 is 2.38 bits per heavy atom. The van der Waals surface area contributed by atoms with Crippen LogP contribution in [0.15, 0.2) is 18.2 Å². The number of aliphatic hydroxyl groups is 1. The molecule has 0 heterocycles. The fraction of sp³-hybridized carbons (Fsp3) is 0.538. The highest BCUT2D eigenvalue weighted by Gasteiger charge is 2.19. The molecule has 1 aromatic rings. The topological polar surface area (TPSA) is 23.5 Å². The molecular weight excluding hydrogens is 205 g/mol. The third-order valence-electron chi connectivity index (χ3n) is 2.72. The van der Waals surface area contributed by atoms with Gasteiger partial charge in [-0.15, -0.1) is 0 Å². The average molecular weight is 225 g/mol. The summed E-state index contributed by atoms with van der Waals surface area (Å²) < 4.78 is 13.9. The summed E-state index contributed by atoms with van der Waals surface area (Å²) in [6, 6.07) is 5.05. The molecule has 1 rings (SSSR count). The third-order valence-corrected chi connectivity index (χ3v) is 2.72. The monoisotopic (exact) mass is 225 g/mol. The summed E-state index contributed by atoms with van der Waals surface area (Å²) in [7, 11) is 0. The Bertz CT molecular complexity index is 350. The molecule has 0 unspecified atom stereocenters. The predicted molar refractivity (Wildman–Crippen MR) is 65.2 cm³/mol. The van der Waals surface area contributed by atoms with Crippen LogP contribution in [0.4, 0.5) is 10.1 Å². The van der Waals surface area contributed by atoms with Crippen LogP contribution < -0.4 is 4.90 Å². The lowest BCUT2D eigenvalue weighted by molar-refractivity contribution is 0.199. The van der Waals surface area contributed by atoms with Gasteiger partial charge in [0, 0.05) is 18.2 Å². The molecule has 0 aliphatic rings. The molecule has 3 heteroatoms. The summed E-state index contributed by atoms with van der Waals surface area (Å²) in [5.74, 6) is -0.269. The average Bonchev–Trinajstić information content (AvgIpc) is 2.20. The molecule has 0 bridgehead atoms. The highest BCUT2D eigenvalue weighted by Crippen LogP contribution is 2.30. The Morgan fingerprint density at radius 1 is 1.31 bits per heavy atom. The van der Waals surface area contributed by atoms with Gasteiger partial charge in [0.15, 0.2) is 0 Å². The molecule has 0 spiro atoms. The van der Waals surface area contributed by atoms with Crippen LogP contribution in [-0.2, 0) is 0 Å². The number of rotatable bonds is 4. The maximum absolute atomic E-state index is 13.9. The zero-order valence-corrected chi connectivity index (χ0v) is 10.4. The number of benzene rings is 1. The number of aliphatic hydroxyl groups excluding tert-OH is 1. The lowest BCUT2D eigenvalue weighted by atomic mass is 10.1. The van der Waals surface area contributed by atoms with Gasteiger partial charge in [0.05, 0.1) is 11.8 Å². The van der Waals surface area contributed by atoms with E-state index in [2.05, 4.69) is 0 Å². The van der Waals surface area contributed by atoms with E-state index in [-0.39, 0.29) is 11.9 Å².